The van der Waals surface area contributed by atoms with Crippen LogP contribution in [0.25, 0.3) is 0 Å². The van der Waals surface area contributed by atoms with Gasteiger partial charge in [-0.1, -0.05) is 30.7 Å². The van der Waals surface area contributed by atoms with Crippen LogP contribution in [0.1, 0.15) is 29.4 Å². The van der Waals surface area contributed by atoms with Gasteiger partial charge in [-0.05, 0) is 24.1 Å². The van der Waals surface area contributed by atoms with Crippen molar-refractivity contribution in [2.75, 3.05) is 7.11 Å². The third kappa shape index (κ3) is 3.20. The Balaban J connectivity index is 2.16. The second-order valence-electron chi connectivity index (χ2n) is 4.51. The fraction of sp³-hybridized carbons (Fsp3) is 0.333. The molecule has 2 rings (SSSR count). The number of benzene rings is 1. The number of ketones is 1. The Kier molecular flexibility index (Phi) is 4.79. The van der Waals surface area contributed by atoms with Crippen LogP contribution in [0.5, 0.6) is 5.75 Å². The van der Waals surface area contributed by atoms with Gasteiger partial charge < -0.3 is 4.74 Å². The highest BCUT2D eigenvalue weighted by Gasteiger charge is 2.17. The number of hydrogen-bond acceptors (Lipinski definition) is 3. The van der Waals surface area contributed by atoms with Gasteiger partial charge in [-0.15, -0.1) is 0 Å². The Morgan fingerprint density at radius 3 is 2.65 bits per heavy atom. The molecule has 1 aromatic heterocycles. The summed E-state index contributed by atoms with van der Waals surface area (Å²) in [6.45, 7) is 2.73. The minimum atomic E-state index is -0.0221. The molecule has 0 atom stereocenters. The third-order valence-corrected chi connectivity index (χ3v) is 3.29. The molecule has 0 spiro atoms. The van der Waals surface area contributed by atoms with Crippen molar-refractivity contribution in [2.45, 2.75) is 26.3 Å². The van der Waals surface area contributed by atoms with Crippen molar-refractivity contribution in [3.05, 3.63) is 46.7 Å². The Labute approximate surface area is 123 Å². The molecule has 0 amide bonds. The fourth-order valence-corrected chi connectivity index (χ4v) is 2.28. The predicted molar refractivity (Wildman–Crippen MR) is 78.6 cm³/mol. The standard InChI is InChI=1S/C15H17ClN2O2/c1-3-8-18-15(13(16)10-17-18)14(19)9-11-4-6-12(20-2)7-5-11/h4-7,10H,3,8-9H2,1-2H3. The first-order chi connectivity index (χ1) is 9.65. The Morgan fingerprint density at radius 1 is 1.35 bits per heavy atom. The second-order valence-corrected chi connectivity index (χ2v) is 4.92. The maximum Gasteiger partial charge on any atom is 0.186 e. The molecule has 0 bridgehead atoms. The highest BCUT2D eigenvalue weighted by Crippen LogP contribution is 2.19. The highest BCUT2D eigenvalue weighted by molar-refractivity contribution is 6.33. The summed E-state index contributed by atoms with van der Waals surface area (Å²) in [5.41, 5.74) is 1.42. The minimum Gasteiger partial charge on any atom is -0.497 e. The lowest BCUT2D eigenvalue weighted by molar-refractivity contribution is 0.0982. The van der Waals surface area contributed by atoms with E-state index in [2.05, 4.69) is 5.10 Å². The van der Waals surface area contributed by atoms with Crippen LogP contribution in [0.2, 0.25) is 5.02 Å². The van der Waals surface area contributed by atoms with E-state index in [-0.39, 0.29) is 5.78 Å². The van der Waals surface area contributed by atoms with E-state index in [0.717, 1.165) is 17.7 Å². The largest absolute Gasteiger partial charge is 0.497 e. The van der Waals surface area contributed by atoms with Gasteiger partial charge in [0, 0.05) is 13.0 Å². The topological polar surface area (TPSA) is 44.1 Å². The van der Waals surface area contributed by atoms with Gasteiger partial charge in [-0.2, -0.15) is 5.10 Å². The smallest absolute Gasteiger partial charge is 0.186 e. The summed E-state index contributed by atoms with van der Waals surface area (Å²) >= 11 is 6.07. The molecule has 0 aliphatic rings. The zero-order chi connectivity index (χ0) is 14.5. The van der Waals surface area contributed by atoms with E-state index < -0.39 is 0 Å². The third-order valence-electron chi connectivity index (χ3n) is 3.02. The van der Waals surface area contributed by atoms with Crippen molar-refractivity contribution < 1.29 is 9.53 Å². The number of nitrogens with zero attached hydrogens (tertiary/aromatic N) is 2. The molecule has 20 heavy (non-hydrogen) atoms. The van der Waals surface area contributed by atoms with Gasteiger partial charge in [0.25, 0.3) is 0 Å². The van der Waals surface area contributed by atoms with E-state index in [1.807, 2.05) is 31.2 Å². The summed E-state index contributed by atoms with van der Waals surface area (Å²) in [4.78, 5) is 12.4. The zero-order valence-electron chi connectivity index (χ0n) is 11.6. The van der Waals surface area contributed by atoms with Crippen molar-refractivity contribution in [1.82, 2.24) is 9.78 Å². The normalized spacial score (nSPS) is 10.6. The summed E-state index contributed by atoms with van der Waals surface area (Å²) in [5.74, 6) is 0.751. The maximum atomic E-state index is 12.4. The zero-order valence-corrected chi connectivity index (χ0v) is 12.4. The molecule has 0 saturated carbocycles. The van der Waals surface area contributed by atoms with Crippen LogP contribution in [0.3, 0.4) is 0 Å². The lowest BCUT2D eigenvalue weighted by atomic mass is 10.1. The number of halogens is 1. The van der Waals surface area contributed by atoms with Crippen molar-refractivity contribution in [3.63, 3.8) is 0 Å². The quantitative estimate of drug-likeness (QED) is 0.767. The molecule has 0 unspecified atom stereocenters. The Morgan fingerprint density at radius 2 is 2.05 bits per heavy atom. The van der Waals surface area contributed by atoms with Gasteiger partial charge in [0.15, 0.2) is 5.78 Å². The van der Waals surface area contributed by atoms with E-state index >= 15 is 0 Å². The molecule has 0 aliphatic carbocycles. The summed E-state index contributed by atoms with van der Waals surface area (Å²) in [6, 6.07) is 7.44. The number of carbonyl (C=O) groups is 1. The van der Waals surface area contributed by atoms with E-state index in [1.165, 1.54) is 6.20 Å². The van der Waals surface area contributed by atoms with Gasteiger partial charge in [0.2, 0.25) is 0 Å². The van der Waals surface area contributed by atoms with Crippen LogP contribution in [0.4, 0.5) is 0 Å². The molecule has 0 fully saturated rings. The molecule has 5 heteroatoms. The highest BCUT2D eigenvalue weighted by atomic mass is 35.5. The summed E-state index contributed by atoms with van der Waals surface area (Å²) in [5, 5.41) is 4.55. The SMILES string of the molecule is CCCn1ncc(Cl)c1C(=O)Cc1ccc(OC)cc1. The van der Waals surface area contributed by atoms with Gasteiger partial charge in [0.05, 0.1) is 18.3 Å². The molecule has 0 aliphatic heterocycles. The minimum absolute atomic E-state index is 0.0221. The average molecular weight is 293 g/mol. The molecular formula is C15H17ClN2O2. The Hall–Kier alpha value is -1.81. The summed E-state index contributed by atoms with van der Waals surface area (Å²) in [7, 11) is 1.61. The molecule has 106 valence electrons. The second kappa shape index (κ2) is 6.57. The summed E-state index contributed by atoms with van der Waals surface area (Å²) < 4.78 is 6.77. The van der Waals surface area contributed by atoms with Crippen molar-refractivity contribution in [2.24, 2.45) is 0 Å². The van der Waals surface area contributed by atoms with Gasteiger partial charge in [-0.25, -0.2) is 0 Å². The van der Waals surface area contributed by atoms with E-state index in [1.54, 1.807) is 11.8 Å². The molecule has 2 aromatic rings. The van der Waals surface area contributed by atoms with E-state index in [9.17, 15) is 4.79 Å². The van der Waals surface area contributed by atoms with Gasteiger partial charge in [-0.3, -0.25) is 9.48 Å². The van der Waals surface area contributed by atoms with Gasteiger partial charge in [0.1, 0.15) is 11.4 Å². The number of methoxy groups -OCH3 is 1. The average Bonchev–Trinajstić information content (AvgIpc) is 2.81. The molecule has 1 heterocycles. The van der Waals surface area contributed by atoms with Crippen LogP contribution in [-0.4, -0.2) is 22.7 Å². The Bertz CT molecular complexity index is 590. The van der Waals surface area contributed by atoms with Crippen molar-refractivity contribution >= 4 is 17.4 Å². The first-order valence-electron chi connectivity index (χ1n) is 6.53. The van der Waals surface area contributed by atoms with Crippen LogP contribution >= 0.6 is 11.6 Å². The number of carbonyl (C=O) groups excluding carboxylic acids is 1. The first kappa shape index (κ1) is 14.6. The number of aromatic nitrogens is 2. The molecule has 0 radical (unpaired) electrons. The predicted octanol–water partition coefficient (Wildman–Crippen LogP) is 3.38. The number of Topliss-reactive ketones (excluding diaryl/α,β-unsaturated/α-hetero) is 1. The van der Waals surface area contributed by atoms with Crippen LogP contribution in [0, 0.1) is 0 Å². The van der Waals surface area contributed by atoms with Crippen LogP contribution in [0.15, 0.2) is 30.5 Å². The number of aryl methyl sites for hydroxylation is 1. The molecule has 0 N–H and O–H groups in total. The molecule has 4 nitrogen and oxygen atoms in total. The molecule has 0 saturated heterocycles. The molecule has 1 aromatic carbocycles. The van der Waals surface area contributed by atoms with E-state index in [4.69, 9.17) is 16.3 Å². The van der Waals surface area contributed by atoms with Crippen LogP contribution in [-0.2, 0) is 13.0 Å². The van der Waals surface area contributed by atoms with Crippen LogP contribution < -0.4 is 4.74 Å². The maximum absolute atomic E-state index is 12.4. The van der Waals surface area contributed by atoms with Gasteiger partial charge >= 0.3 is 0 Å². The lowest BCUT2D eigenvalue weighted by Gasteiger charge is -2.07. The number of ether oxygens (including phenoxy) is 1. The number of hydrogen-bond donors (Lipinski definition) is 0. The van der Waals surface area contributed by atoms with Crippen molar-refractivity contribution in [1.29, 1.82) is 0 Å². The van der Waals surface area contributed by atoms with E-state index in [0.29, 0.717) is 23.7 Å². The number of rotatable bonds is 6. The first-order valence-corrected chi connectivity index (χ1v) is 6.91. The van der Waals surface area contributed by atoms with Crippen molar-refractivity contribution in [3.8, 4) is 5.75 Å². The molecular weight excluding hydrogens is 276 g/mol. The summed E-state index contributed by atoms with van der Waals surface area (Å²) in [6.07, 6.45) is 2.73. The lowest BCUT2D eigenvalue weighted by Crippen LogP contribution is -2.13. The monoisotopic (exact) mass is 292 g/mol. The fourth-order valence-electron chi connectivity index (χ4n) is 2.03.